The van der Waals surface area contributed by atoms with Gasteiger partial charge in [0, 0.05) is 10.8 Å². The molecule has 1 aliphatic rings. The Balaban J connectivity index is 2.42. The highest BCUT2D eigenvalue weighted by atomic mass is 79.9. The third kappa shape index (κ3) is 1.62. The van der Waals surface area contributed by atoms with Crippen LogP contribution >= 0.6 is 15.9 Å². The molecule has 0 unspecified atom stereocenters. The smallest absolute Gasteiger partial charge is 0.188 e. The Bertz CT molecular complexity index is 736. The van der Waals surface area contributed by atoms with E-state index in [0.717, 1.165) is 0 Å². The highest BCUT2D eigenvalue weighted by Crippen LogP contribution is 2.50. The molecule has 0 spiro atoms. The van der Waals surface area contributed by atoms with E-state index >= 15 is 0 Å². The summed E-state index contributed by atoms with van der Waals surface area (Å²) >= 11 is 3.30. The van der Waals surface area contributed by atoms with Crippen molar-refractivity contribution in [3.8, 4) is 17.2 Å². The summed E-state index contributed by atoms with van der Waals surface area (Å²) in [4.78, 5) is 11.9. The molecular formula is C15H13BrO4. The number of hydrogen-bond donors (Lipinski definition) is 2. The number of Topliss-reactive ketones (excluding diaryl/α,β-unsaturated/α-hetero) is 1. The van der Waals surface area contributed by atoms with Crippen LogP contribution in [0.3, 0.4) is 0 Å². The summed E-state index contributed by atoms with van der Waals surface area (Å²) in [5.74, 6) is -0.519. The Hall–Kier alpha value is -1.75. The Morgan fingerprint density at radius 1 is 1.15 bits per heavy atom. The fourth-order valence-electron chi connectivity index (χ4n) is 2.46. The Morgan fingerprint density at radius 3 is 2.30 bits per heavy atom. The summed E-state index contributed by atoms with van der Waals surface area (Å²) in [6.07, 6.45) is 0. The van der Waals surface area contributed by atoms with Crippen LogP contribution in [-0.2, 0) is 0 Å². The molecule has 1 aliphatic heterocycles. The molecule has 0 fully saturated rings. The average molecular weight is 337 g/mol. The highest BCUT2D eigenvalue weighted by molar-refractivity contribution is 9.10. The van der Waals surface area contributed by atoms with Gasteiger partial charge in [-0.2, -0.15) is 0 Å². The largest absolute Gasteiger partial charge is 0.506 e. The molecule has 2 aromatic carbocycles. The number of ether oxygens (including phenoxy) is 1. The number of phenols is 2. The molecule has 0 aromatic heterocycles. The molecule has 0 aliphatic carbocycles. The standard InChI is InChI=1S/C15H13BrO4/c1-15(2)14(16)12(19)9-10(17)7-5-3-4-6-8(7)11(18)13(9)20-15/h3-6,14,17-18H,1-2H3/t14-/m0/s1. The molecule has 0 saturated heterocycles. The molecule has 1 atom stereocenters. The predicted molar refractivity (Wildman–Crippen MR) is 79.0 cm³/mol. The van der Waals surface area contributed by atoms with Crippen LogP contribution in [0.4, 0.5) is 0 Å². The molecule has 2 aromatic rings. The minimum atomic E-state index is -0.809. The van der Waals surface area contributed by atoms with E-state index in [2.05, 4.69) is 15.9 Å². The van der Waals surface area contributed by atoms with Crippen molar-refractivity contribution in [3.63, 3.8) is 0 Å². The van der Waals surface area contributed by atoms with Crippen molar-refractivity contribution < 1.29 is 19.7 Å². The first-order chi connectivity index (χ1) is 9.34. The molecular weight excluding hydrogens is 324 g/mol. The van der Waals surface area contributed by atoms with Crippen molar-refractivity contribution >= 4 is 32.5 Å². The van der Waals surface area contributed by atoms with Crippen LogP contribution in [0.2, 0.25) is 0 Å². The second kappa shape index (κ2) is 4.12. The van der Waals surface area contributed by atoms with Crippen molar-refractivity contribution in [2.75, 3.05) is 0 Å². The second-order valence-electron chi connectivity index (χ2n) is 5.38. The number of phenolic OH excluding ortho intramolecular Hbond substituents is 2. The summed E-state index contributed by atoms with van der Waals surface area (Å²) < 4.78 is 5.74. The van der Waals surface area contributed by atoms with E-state index in [4.69, 9.17) is 4.74 Å². The molecule has 0 amide bonds. The molecule has 0 bridgehead atoms. The normalized spacial score (nSPS) is 20.6. The molecule has 1 heterocycles. The number of rotatable bonds is 0. The molecule has 2 N–H and O–H groups in total. The van der Waals surface area contributed by atoms with Crippen LogP contribution in [0.25, 0.3) is 10.8 Å². The summed E-state index contributed by atoms with van der Waals surface area (Å²) in [5, 5.41) is 21.6. The van der Waals surface area contributed by atoms with Crippen LogP contribution < -0.4 is 4.74 Å². The lowest BCUT2D eigenvalue weighted by Crippen LogP contribution is -2.46. The molecule has 104 valence electrons. The van der Waals surface area contributed by atoms with Gasteiger partial charge in [0.25, 0.3) is 0 Å². The third-order valence-corrected chi connectivity index (χ3v) is 5.09. The summed E-state index contributed by atoms with van der Waals surface area (Å²) in [5.41, 5.74) is -0.779. The minimum Gasteiger partial charge on any atom is -0.506 e. The quantitative estimate of drug-likeness (QED) is 0.571. The number of fused-ring (bicyclic) bond motifs is 2. The lowest BCUT2D eigenvalue weighted by Gasteiger charge is -2.36. The lowest BCUT2D eigenvalue weighted by molar-refractivity contribution is 0.0647. The van der Waals surface area contributed by atoms with E-state index < -0.39 is 10.4 Å². The van der Waals surface area contributed by atoms with E-state index in [1.807, 2.05) is 0 Å². The molecule has 3 rings (SSSR count). The Morgan fingerprint density at radius 2 is 1.70 bits per heavy atom. The summed E-state index contributed by atoms with van der Waals surface area (Å²) in [6, 6.07) is 6.81. The number of benzene rings is 2. The van der Waals surface area contributed by atoms with E-state index in [1.165, 1.54) is 0 Å². The van der Waals surface area contributed by atoms with Gasteiger partial charge in [0.2, 0.25) is 0 Å². The zero-order chi connectivity index (χ0) is 14.7. The number of ketones is 1. The topological polar surface area (TPSA) is 66.8 Å². The zero-order valence-corrected chi connectivity index (χ0v) is 12.6. The van der Waals surface area contributed by atoms with Crippen molar-refractivity contribution in [2.45, 2.75) is 24.3 Å². The molecule has 0 radical (unpaired) electrons. The third-order valence-electron chi connectivity index (χ3n) is 3.57. The van der Waals surface area contributed by atoms with Crippen LogP contribution in [0.15, 0.2) is 24.3 Å². The van der Waals surface area contributed by atoms with Gasteiger partial charge >= 0.3 is 0 Å². The van der Waals surface area contributed by atoms with Gasteiger partial charge in [-0.05, 0) is 13.8 Å². The van der Waals surface area contributed by atoms with Crippen LogP contribution in [0, 0.1) is 0 Å². The van der Waals surface area contributed by atoms with Gasteiger partial charge < -0.3 is 14.9 Å². The fraction of sp³-hybridized carbons (Fsp3) is 0.267. The second-order valence-corrected chi connectivity index (χ2v) is 6.29. The minimum absolute atomic E-state index is 0.0300. The monoisotopic (exact) mass is 336 g/mol. The lowest BCUT2D eigenvalue weighted by atomic mass is 9.90. The van der Waals surface area contributed by atoms with Gasteiger partial charge in [0.05, 0.1) is 0 Å². The zero-order valence-electron chi connectivity index (χ0n) is 11.0. The Kier molecular flexibility index (Phi) is 2.73. The van der Waals surface area contributed by atoms with Crippen LogP contribution in [-0.4, -0.2) is 26.4 Å². The van der Waals surface area contributed by atoms with Crippen molar-refractivity contribution in [2.24, 2.45) is 0 Å². The number of carbonyl (C=O) groups excluding carboxylic acids is 1. The van der Waals surface area contributed by atoms with Crippen LogP contribution in [0.1, 0.15) is 24.2 Å². The van der Waals surface area contributed by atoms with Gasteiger partial charge in [-0.1, -0.05) is 40.2 Å². The van der Waals surface area contributed by atoms with Crippen molar-refractivity contribution in [3.05, 3.63) is 29.8 Å². The highest BCUT2D eigenvalue weighted by Gasteiger charge is 2.44. The van der Waals surface area contributed by atoms with E-state index in [9.17, 15) is 15.0 Å². The maximum absolute atomic E-state index is 12.5. The first kappa shape index (κ1) is 13.2. The summed E-state index contributed by atoms with van der Waals surface area (Å²) in [6.45, 7) is 3.50. The van der Waals surface area contributed by atoms with Crippen molar-refractivity contribution in [1.29, 1.82) is 0 Å². The SMILES string of the molecule is CC1(C)Oc2c(c(O)c3ccccc3c2O)C(=O)[C@@H]1Br. The Labute approximate surface area is 124 Å². The number of carbonyl (C=O) groups is 1. The fourth-order valence-corrected chi connectivity index (χ4v) is 2.79. The predicted octanol–water partition coefficient (Wildman–Crippen LogP) is 3.37. The van der Waals surface area contributed by atoms with Crippen LogP contribution in [0.5, 0.6) is 17.2 Å². The van der Waals surface area contributed by atoms with Gasteiger partial charge in [-0.3, -0.25) is 4.79 Å². The molecule has 4 nitrogen and oxygen atoms in total. The first-order valence-electron chi connectivity index (χ1n) is 6.18. The summed E-state index contributed by atoms with van der Waals surface area (Å²) in [7, 11) is 0. The molecule has 0 saturated carbocycles. The van der Waals surface area contributed by atoms with E-state index in [0.29, 0.717) is 10.8 Å². The van der Waals surface area contributed by atoms with E-state index in [1.54, 1.807) is 38.1 Å². The average Bonchev–Trinajstić information content (AvgIpc) is 2.42. The molecule has 5 heteroatoms. The first-order valence-corrected chi connectivity index (χ1v) is 7.10. The molecule has 20 heavy (non-hydrogen) atoms. The van der Waals surface area contributed by atoms with Gasteiger partial charge in [0.1, 0.15) is 21.7 Å². The maximum Gasteiger partial charge on any atom is 0.188 e. The van der Waals surface area contributed by atoms with Gasteiger partial charge in [0.15, 0.2) is 17.3 Å². The van der Waals surface area contributed by atoms with Gasteiger partial charge in [-0.25, -0.2) is 0 Å². The number of aromatic hydroxyl groups is 2. The van der Waals surface area contributed by atoms with Gasteiger partial charge in [-0.15, -0.1) is 0 Å². The number of halogens is 1. The number of alkyl halides is 1. The van der Waals surface area contributed by atoms with E-state index in [-0.39, 0.29) is 28.6 Å². The maximum atomic E-state index is 12.5. The van der Waals surface area contributed by atoms with Crippen molar-refractivity contribution in [1.82, 2.24) is 0 Å². The number of hydrogen-bond acceptors (Lipinski definition) is 4.